The first-order valence-corrected chi connectivity index (χ1v) is 11.0. The van der Waals surface area contributed by atoms with Gasteiger partial charge in [0, 0.05) is 6.07 Å². The summed E-state index contributed by atoms with van der Waals surface area (Å²) in [4.78, 5) is 0. The molecule has 0 amide bonds. The molecule has 0 spiro atoms. The molecular formula is C27H30O5. The Balaban J connectivity index is 1.49. The molecule has 0 aromatic heterocycles. The van der Waals surface area contributed by atoms with Crippen LogP contribution in [0.15, 0.2) is 54.6 Å². The second-order valence-corrected chi connectivity index (χ2v) is 7.80. The van der Waals surface area contributed by atoms with Gasteiger partial charge in [-0.3, -0.25) is 0 Å². The lowest BCUT2D eigenvalue weighted by Crippen LogP contribution is -2.15. The Kier molecular flexibility index (Phi) is 7.05. The van der Waals surface area contributed by atoms with E-state index in [4.69, 9.17) is 23.7 Å². The molecule has 3 aromatic rings. The minimum Gasteiger partial charge on any atom is -0.497 e. The number of rotatable bonds is 9. The molecule has 0 fully saturated rings. The summed E-state index contributed by atoms with van der Waals surface area (Å²) < 4.78 is 27.9. The summed E-state index contributed by atoms with van der Waals surface area (Å²) in [5, 5.41) is 0. The number of hydrogen-bond donors (Lipinski definition) is 0. The van der Waals surface area contributed by atoms with E-state index in [2.05, 4.69) is 30.3 Å². The first kappa shape index (κ1) is 21.9. The van der Waals surface area contributed by atoms with Gasteiger partial charge in [0.2, 0.25) is 0 Å². The fraction of sp³-hybridized carbons (Fsp3) is 0.333. The number of benzene rings is 3. The van der Waals surface area contributed by atoms with Gasteiger partial charge in [-0.2, -0.15) is 0 Å². The molecule has 0 radical (unpaired) electrons. The van der Waals surface area contributed by atoms with Crippen molar-refractivity contribution in [3.05, 3.63) is 76.9 Å². The van der Waals surface area contributed by atoms with E-state index in [1.54, 1.807) is 21.3 Å². The Morgan fingerprint density at radius 3 is 1.81 bits per heavy atom. The summed E-state index contributed by atoms with van der Waals surface area (Å²) in [5.41, 5.74) is 4.84. The molecule has 0 saturated heterocycles. The highest BCUT2D eigenvalue weighted by molar-refractivity contribution is 5.48. The van der Waals surface area contributed by atoms with Gasteiger partial charge in [-0.25, -0.2) is 0 Å². The summed E-state index contributed by atoms with van der Waals surface area (Å²) in [6.45, 7) is 1.20. The van der Waals surface area contributed by atoms with E-state index >= 15 is 0 Å². The summed E-state index contributed by atoms with van der Waals surface area (Å²) in [5.74, 6) is 4.24. The van der Waals surface area contributed by atoms with Crippen LogP contribution in [0.25, 0.3) is 0 Å². The predicted octanol–water partition coefficient (Wildman–Crippen LogP) is 5.05. The van der Waals surface area contributed by atoms with Crippen LogP contribution in [0.1, 0.15) is 22.3 Å². The molecule has 5 nitrogen and oxygen atoms in total. The maximum atomic E-state index is 5.72. The molecule has 0 bridgehead atoms. The molecular weight excluding hydrogens is 404 g/mol. The largest absolute Gasteiger partial charge is 0.497 e. The van der Waals surface area contributed by atoms with E-state index in [0.29, 0.717) is 13.2 Å². The Bertz CT molecular complexity index is 1040. The third-order valence-corrected chi connectivity index (χ3v) is 5.82. The van der Waals surface area contributed by atoms with E-state index < -0.39 is 0 Å². The molecule has 0 aliphatic carbocycles. The molecule has 4 rings (SSSR count). The van der Waals surface area contributed by atoms with Crippen molar-refractivity contribution in [3.63, 3.8) is 0 Å². The molecule has 0 atom stereocenters. The van der Waals surface area contributed by atoms with Crippen LogP contribution in [-0.2, 0) is 25.7 Å². The van der Waals surface area contributed by atoms with Crippen molar-refractivity contribution in [2.75, 3.05) is 34.5 Å². The van der Waals surface area contributed by atoms with Crippen molar-refractivity contribution >= 4 is 0 Å². The van der Waals surface area contributed by atoms with Crippen molar-refractivity contribution < 1.29 is 23.7 Å². The van der Waals surface area contributed by atoms with Gasteiger partial charge in [-0.05, 0) is 78.3 Å². The monoisotopic (exact) mass is 434 g/mol. The van der Waals surface area contributed by atoms with Crippen LogP contribution in [0.4, 0.5) is 0 Å². The second kappa shape index (κ2) is 10.3. The van der Waals surface area contributed by atoms with Crippen LogP contribution >= 0.6 is 0 Å². The van der Waals surface area contributed by atoms with Gasteiger partial charge >= 0.3 is 0 Å². The summed E-state index contributed by atoms with van der Waals surface area (Å²) in [6.07, 6.45) is 3.56. The standard InChI is InChI=1S/C27H30O5/c1-28-23-11-6-19(7-12-23)4-9-21-17-22(26(30-3)18-25(21)29-2)10-5-20-8-13-24-27(16-20)32-15-14-31-24/h6-8,11-13,16-18H,4-5,9-10,14-15H2,1-3H3. The lowest BCUT2D eigenvalue weighted by molar-refractivity contribution is 0.171. The minimum absolute atomic E-state index is 0.598. The number of hydrogen-bond acceptors (Lipinski definition) is 5. The van der Waals surface area contributed by atoms with Crippen LogP contribution in [0, 0.1) is 0 Å². The lowest BCUT2D eigenvalue weighted by atomic mass is 9.97. The SMILES string of the molecule is COc1ccc(CCc2cc(CCc3ccc4c(c3)OCCO4)c(OC)cc2OC)cc1. The molecule has 1 heterocycles. The van der Waals surface area contributed by atoms with Crippen LogP contribution < -0.4 is 23.7 Å². The van der Waals surface area contributed by atoms with E-state index in [9.17, 15) is 0 Å². The second-order valence-electron chi connectivity index (χ2n) is 7.80. The molecule has 168 valence electrons. The van der Waals surface area contributed by atoms with Crippen molar-refractivity contribution in [2.24, 2.45) is 0 Å². The summed E-state index contributed by atoms with van der Waals surface area (Å²) in [7, 11) is 5.10. The average Bonchev–Trinajstić information content (AvgIpc) is 2.86. The predicted molar refractivity (Wildman–Crippen MR) is 125 cm³/mol. The first-order chi connectivity index (χ1) is 15.7. The first-order valence-electron chi connectivity index (χ1n) is 11.0. The van der Waals surface area contributed by atoms with Crippen LogP contribution in [0.5, 0.6) is 28.7 Å². The Hall–Kier alpha value is -3.34. The van der Waals surface area contributed by atoms with Crippen LogP contribution in [0.2, 0.25) is 0 Å². The molecule has 3 aromatic carbocycles. The van der Waals surface area contributed by atoms with Crippen LogP contribution in [0.3, 0.4) is 0 Å². The van der Waals surface area contributed by atoms with Crippen molar-refractivity contribution in [3.8, 4) is 28.7 Å². The third-order valence-electron chi connectivity index (χ3n) is 5.82. The Labute approximate surface area is 189 Å². The van der Waals surface area contributed by atoms with Gasteiger partial charge < -0.3 is 23.7 Å². The number of fused-ring (bicyclic) bond motifs is 1. The molecule has 1 aliphatic rings. The normalized spacial score (nSPS) is 12.3. The number of methoxy groups -OCH3 is 3. The minimum atomic E-state index is 0.598. The highest BCUT2D eigenvalue weighted by Gasteiger charge is 2.14. The number of aryl methyl sites for hydroxylation is 4. The van der Waals surface area contributed by atoms with E-state index in [-0.39, 0.29) is 0 Å². The number of ether oxygens (including phenoxy) is 5. The fourth-order valence-corrected chi connectivity index (χ4v) is 4.02. The quantitative estimate of drug-likeness (QED) is 0.471. The third kappa shape index (κ3) is 5.10. The Morgan fingerprint density at radius 1 is 0.594 bits per heavy atom. The maximum absolute atomic E-state index is 5.72. The van der Waals surface area contributed by atoms with Gasteiger partial charge in [0.25, 0.3) is 0 Å². The van der Waals surface area contributed by atoms with Gasteiger partial charge in [0.05, 0.1) is 21.3 Å². The molecule has 1 aliphatic heterocycles. The van der Waals surface area contributed by atoms with Crippen molar-refractivity contribution in [1.82, 2.24) is 0 Å². The zero-order chi connectivity index (χ0) is 22.3. The highest BCUT2D eigenvalue weighted by Crippen LogP contribution is 2.33. The van der Waals surface area contributed by atoms with Gasteiger partial charge in [0.15, 0.2) is 11.5 Å². The van der Waals surface area contributed by atoms with Crippen molar-refractivity contribution in [2.45, 2.75) is 25.7 Å². The van der Waals surface area contributed by atoms with Gasteiger partial charge in [0.1, 0.15) is 30.5 Å². The van der Waals surface area contributed by atoms with Crippen molar-refractivity contribution in [1.29, 1.82) is 0 Å². The molecule has 0 saturated carbocycles. The van der Waals surface area contributed by atoms with E-state index in [0.717, 1.165) is 54.4 Å². The molecule has 32 heavy (non-hydrogen) atoms. The zero-order valence-corrected chi connectivity index (χ0v) is 19.0. The fourth-order valence-electron chi connectivity index (χ4n) is 4.02. The molecule has 0 unspecified atom stereocenters. The lowest BCUT2D eigenvalue weighted by Gasteiger charge is -2.19. The zero-order valence-electron chi connectivity index (χ0n) is 19.0. The highest BCUT2D eigenvalue weighted by atomic mass is 16.6. The van der Waals surface area contributed by atoms with Crippen LogP contribution in [-0.4, -0.2) is 34.5 Å². The Morgan fingerprint density at radius 2 is 1.19 bits per heavy atom. The average molecular weight is 435 g/mol. The smallest absolute Gasteiger partial charge is 0.161 e. The maximum Gasteiger partial charge on any atom is 0.161 e. The summed E-state index contributed by atoms with van der Waals surface area (Å²) in [6, 6.07) is 18.6. The topological polar surface area (TPSA) is 46.2 Å². The van der Waals surface area contributed by atoms with E-state index in [1.807, 2.05) is 24.3 Å². The van der Waals surface area contributed by atoms with Gasteiger partial charge in [-0.15, -0.1) is 0 Å². The van der Waals surface area contributed by atoms with E-state index in [1.165, 1.54) is 22.3 Å². The molecule has 0 N–H and O–H groups in total. The summed E-state index contributed by atoms with van der Waals surface area (Å²) >= 11 is 0. The molecule has 5 heteroatoms. The van der Waals surface area contributed by atoms with Gasteiger partial charge in [-0.1, -0.05) is 18.2 Å².